The van der Waals surface area contributed by atoms with Crippen LogP contribution >= 0.6 is 0 Å². The van der Waals surface area contributed by atoms with E-state index in [2.05, 4.69) is 9.97 Å². The molecule has 4 nitrogen and oxygen atoms in total. The van der Waals surface area contributed by atoms with E-state index in [1.54, 1.807) is 24.5 Å². The molecule has 0 bridgehead atoms. The number of pyridine rings is 2. The number of rotatable bonds is 3. The first-order valence-corrected chi connectivity index (χ1v) is 4.93. The number of halogens is 1. The van der Waals surface area contributed by atoms with Crippen molar-refractivity contribution in [2.24, 2.45) is 0 Å². The molecule has 1 N–H and O–H groups in total. The molecule has 0 spiro atoms. The molecule has 2 aromatic heterocycles. The second-order valence-electron chi connectivity index (χ2n) is 3.47. The fourth-order valence-electron chi connectivity index (χ4n) is 1.54. The minimum atomic E-state index is -1.03. The molecule has 0 atom stereocenters. The molecule has 0 fully saturated rings. The second kappa shape index (κ2) is 4.69. The van der Waals surface area contributed by atoms with Crippen LogP contribution in [0.4, 0.5) is 4.39 Å². The molecular weight excluding hydrogens is 223 g/mol. The summed E-state index contributed by atoms with van der Waals surface area (Å²) in [5.41, 5.74) is 1.45. The molecule has 0 amide bonds. The van der Waals surface area contributed by atoms with Gasteiger partial charge in [0, 0.05) is 18.0 Å². The Bertz CT molecular complexity index is 543. The van der Waals surface area contributed by atoms with Crippen LogP contribution in [0.2, 0.25) is 0 Å². The molecule has 2 aromatic rings. The van der Waals surface area contributed by atoms with Crippen molar-refractivity contribution < 1.29 is 14.3 Å². The Kier molecular flexibility index (Phi) is 3.09. The van der Waals surface area contributed by atoms with Crippen molar-refractivity contribution in [3.05, 3.63) is 48.2 Å². The van der Waals surface area contributed by atoms with E-state index in [1.807, 2.05) is 0 Å². The summed E-state index contributed by atoms with van der Waals surface area (Å²) in [5.74, 6) is -1.57. The quantitative estimate of drug-likeness (QED) is 0.877. The normalized spacial score (nSPS) is 10.2. The standard InChI is InChI=1S/C12H9FN2O2/c13-10-4-9(5-11(16)17)12(15-7-10)8-2-1-3-14-6-8/h1-4,6-7H,5H2,(H,16,17). The summed E-state index contributed by atoms with van der Waals surface area (Å²) in [4.78, 5) is 18.5. The van der Waals surface area contributed by atoms with E-state index in [0.29, 0.717) is 16.8 Å². The van der Waals surface area contributed by atoms with Gasteiger partial charge in [-0.25, -0.2) is 4.39 Å². The average molecular weight is 232 g/mol. The predicted octanol–water partition coefficient (Wildman–Crippen LogP) is 1.91. The molecule has 0 aliphatic carbocycles. The van der Waals surface area contributed by atoms with Crippen molar-refractivity contribution in [2.45, 2.75) is 6.42 Å². The highest BCUT2D eigenvalue weighted by Crippen LogP contribution is 2.21. The zero-order valence-electron chi connectivity index (χ0n) is 8.80. The van der Waals surface area contributed by atoms with Crippen molar-refractivity contribution in [1.82, 2.24) is 9.97 Å². The topological polar surface area (TPSA) is 63.1 Å². The summed E-state index contributed by atoms with van der Waals surface area (Å²) >= 11 is 0. The fraction of sp³-hybridized carbons (Fsp3) is 0.0833. The summed E-state index contributed by atoms with van der Waals surface area (Å²) in [5, 5.41) is 8.76. The summed E-state index contributed by atoms with van der Waals surface area (Å²) in [7, 11) is 0. The molecule has 2 heterocycles. The SMILES string of the molecule is O=C(O)Cc1cc(F)cnc1-c1cccnc1. The third-order valence-corrected chi connectivity index (χ3v) is 2.21. The van der Waals surface area contributed by atoms with E-state index >= 15 is 0 Å². The molecule has 0 radical (unpaired) electrons. The van der Waals surface area contributed by atoms with Crippen molar-refractivity contribution >= 4 is 5.97 Å². The van der Waals surface area contributed by atoms with Crippen LogP contribution < -0.4 is 0 Å². The van der Waals surface area contributed by atoms with Crippen LogP contribution in [-0.2, 0) is 11.2 Å². The molecule has 17 heavy (non-hydrogen) atoms. The van der Waals surface area contributed by atoms with Gasteiger partial charge in [0.25, 0.3) is 0 Å². The lowest BCUT2D eigenvalue weighted by Crippen LogP contribution is -2.04. The van der Waals surface area contributed by atoms with Crippen LogP contribution in [-0.4, -0.2) is 21.0 Å². The number of carboxylic acid groups (broad SMARTS) is 1. The number of hydrogen-bond donors (Lipinski definition) is 1. The summed E-state index contributed by atoms with van der Waals surface area (Å²) < 4.78 is 13.0. The van der Waals surface area contributed by atoms with Crippen LogP contribution in [0, 0.1) is 5.82 Å². The molecule has 5 heteroatoms. The lowest BCUT2D eigenvalue weighted by Gasteiger charge is -2.06. The van der Waals surface area contributed by atoms with Crippen LogP contribution in [0.5, 0.6) is 0 Å². The van der Waals surface area contributed by atoms with Gasteiger partial charge in [0.1, 0.15) is 5.82 Å². The Balaban J connectivity index is 2.50. The zero-order valence-corrected chi connectivity index (χ0v) is 8.80. The van der Waals surface area contributed by atoms with Gasteiger partial charge in [0.05, 0.1) is 18.3 Å². The van der Waals surface area contributed by atoms with Gasteiger partial charge >= 0.3 is 5.97 Å². The van der Waals surface area contributed by atoms with Gasteiger partial charge in [-0.05, 0) is 23.8 Å². The highest BCUT2D eigenvalue weighted by atomic mass is 19.1. The first kappa shape index (κ1) is 11.2. The van der Waals surface area contributed by atoms with Gasteiger partial charge in [-0.15, -0.1) is 0 Å². The third-order valence-electron chi connectivity index (χ3n) is 2.21. The van der Waals surface area contributed by atoms with Gasteiger partial charge in [0.15, 0.2) is 0 Å². The molecule has 2 rings (SSSR count). The molecule has 86 valence electrons. The van der Waals surface area contributed by atoms with Gasteiger partial charge < -0.3 is 5.11 Å². The van der Waals surface area contributed by atoms with Crippen LogP contribution in [0.15, 0.2) is 36.8 Å². The Morgan fingerprint density at radius 1 is 1.41 bits per heavy atom. The Hall–Kier alpha value is -2.30. The third kappa shape index (κ3) is 2.63. The second-order valence-corrected chi connectivity index (χ2v) is 3.47. The smallest absolute Gasteiger partial charge is 0.307 e. The zero-order chi connectivity index (χ0) is 12.3. The van der Waals surface area contributed by atoms with Crippen molar-refractivity contribution in [3.8, 4) is 11.3 Å². The molecule has 0 unspecified atom stereocenters. The Morgan fingerprint density at radius 2 is 2.24 bits per heavy atom. The minimum Gasteiger partial charge on any atom is -0.481 e. The molecule has 0 aliphatic rings. The van der Waals surface area contributed by atoms with Crippen molar-refractivity contribution in [2.75, 3.05) is 0 Å². The molecule has 0 saturated carbocycles. The van der Waals surface area contributed by atoms with E-state index in [-0.39, 0.29) is 6.42 Å². The maximum absolute atomic E-state index is 13.0. The number of nitrogens with zero attached hydrogens (tertiary/aromatic N) is 2. The summed E-state index contributed by atoms with van der Waals surface area (Å²) in [6.45, 7) is 0. The molecule has 0 aliphatic heterocycles. The van der Waals surface area contributed by atoms with Crippen LogP contribution in [0.3, 0.4) is 0 Å². The van der Waals surface area contributed by atoms with E-state index in [1.165, 1.54) is 6.07 Å². The molecule has 0 aromatic carbocycles. The van der Waals surface area contributed by atoms with E-state index in [4.69, 9.17) is 5.11 Å². The number of aromatic nitrogens is 2. The van der Waals surface area contributed by atoms with Crippen LogP contribution in [0.1, 0.15) is 5.56 Å². The highest BCUT2D eigenvalue weighted by Gasteiger charge is 2.11. The van der Waals surface area contributed by atoms with Crippen molar-refractivity contribution in [3.63, 3.8) is 0 Å². The average Bonchev–Trinajstić information content (AvgIpc) is 2.29. The maximum atomic E-state index is 13.0. The first-order valence-electron chi connectivity index (χ1n) is 4.93. The van der Waals surface area contributed by atoms with E-state index in [0.717, 1.165) is 6.20 Å². The van der Waals surface area contributed by atoms with Gasteiger partial charge in [-0.2, -0.15) is 0 Å². The van der Waals surface area contributed by atoms with E-state index < -0.39 is 11.8 Å². The maximum Gasteiger partial charge on any atom is 0.307 e. The first-order chi connectivity index (χ1) is 8.16. The predicted molar refractivity (Wildman–Crippen MR) is 58.8 cm³/mol. The van der Waals surface area contributed by atoms with Crippen LogP contribution in [0.25, 0.3) is 11.3 Å². The lowest BCUT2D eigenvalue weighted by atomic mass is 10.1. The van der Waals surface area contributed by atoms with Gasteiger partial charge in [-0.3, -0.25) is 14.8 Å². The minimum absolute atomic E-state index is 0.269. The lowest BCUT2D eigenvalue weighted by molar-refractivity contribution is -0.136. The monoisotopic (exact) mass is 232 g/mol. The molecular formula is C12H9FN2O2. The molecule has 0 saturated heterocycles. The fourth-order valence-corrected chi connectivity index (χ4v) is 1.54. The Morgan fingerprint density at radius 3 is 2.88 bits per heavy atom. The van der Waals surface area contributed by atoms with Crippen molar-refractivity contribution in [1.29, 1.82) is 0 Å². The van der Waals surface area contributed by atoms with Gasteiger partial charge in [0.2, 0.25) is 0 Å². The number of aliphatic carboxylic acids is 1. The summed E-state index contributed by atoms with van der Waals surface area (Å²) in [6.07, 6.45) is 3.96. The highest BCUT2D eigenvalue weighted by molar-refractivity contribution is 5.74. The summed E-state index contributed by atoms with van der Waals surface area (Å²) in [6, 6.07) is 4.65. The number of carboxylic acids is 1. The largest absolute Gasteiger partial charge is 0.481 e. The number of hydrogen-bond acceptors (Lipinski definition) is 3. The van der Waals surface area contributed by atoms with E-state index in [9.17, 15) is 9.18 Å². The number of carbonyl (C=O) groups is 1. The van der Waals surface area contributed by atoms with Gasteiger partial charge in [-0.1, -0.05) is 0 Å². The Labute approximate surface area is 96.8 Å².